The Hall–Kier alpha value is -3.46. The first kappa shape index (κ1) is 23.2. The fourth-order valence-corrected chi connectivity index (χ4v) is 3.04. The number of rotatable bonds is 9. The maximum atomic E-state index is 13.9. The molecule has 1 heterocycles. The summed E-state index contributed by atoms with van der Waals surface area (Å²) in [6.07, 6.45) is 0. The highest BCUT2D eigenvalue weighted by atomic mass is 19.1. The lowest BCUT2D eigenvalue weighted by atomic mass is 10.2. The predicted molar refractivity (Wildman–Crippen MR) is 114 cm³/mol. The summed E-state index contributed by atoms with van der Waals surface area (Å²) in [6.45, 7) is 6.15. The first-order valence-corrected chi connectivity index (χ1v) is 10.2. The summed E-state index contributed by atoms with van der Waals surface area (Å²) in [4.78, 5) is 17.1. The second-order valence-electron chi connectivity index (χ2n) is 6.97. The second-order valence-corrected chi connectivity index (χ2v) is 6.97. The number of ether oxygens (including phenoxy) is 2. The Morgan fingerprint density at radius 2 is 1.84 bits per heavy atom. The molecule has 2 aromatic carbocycles. The normalized spacial score (nSPS) is 11.8. The summed E-state index contributed by atoms with van der Waals surface area (Å²) in [7, 11) is 0. The molecule has 1 aromatic heterocycles. The molecular weight excluding hydrogens is 420 g/mol. The summed E-state index contributed by atoms with van der Waals surface area (Å²) in [6, 6.07) is 7.70. The first-order valence-electron chi connectivity index (χ1n) is 10.2. The molecular formula is C23H25F2N3O4. The zero-order valence-electron chi connectivity index (χ0n) is 18.1. The van der Waals surface area contributed by atoms with E-state index in [2.05, 4.69) is 10.3 Å². The van der Waals surface area contributed by atoms with Crippen molar-refractivity contribution >= 4 is 5.91 Å². The van der Waals surface area contributed by atoms with Gasteiger partial charge in [-0.05, 0) is 45.0 Å². The van der Waals surface area contributed by atoms with Crippen molar-refractivity contribution < 1.29 is 27.5 Å². The van der Waals surface area contributed by atoms with Crippen molar-refractivity contribution in [1.29, 1.82) is 0 Å². The van der Waals surface area contributed by atoms with Crippen LogP contribution in [-0.2, 0) is 6.54 Å². The molecule has 3 aromatic rings. The number of nitrogens with zero attached hydrogens (tertiary/aromatic N) is 1. The van der Waals surface area contributed by atoms with E-state index in [1.807, 2.05) is 13.8 Å². The Labute approximate surface area is 184 Å². The van der Waals surface area contributed by atoms with Crippen LogP contribution in [0.15, 0.2) is 40.8 Å². The van der Waals surface area contributed by atoms with E-state index in [4.69, 9.17) is 19.6 Å². The van der Waals surface area contributed by atoms with Crippen molar-refractivity contribution in [2.75, 3.05) is 13.2 Å². The third-order valence-electron chi connectivity index (χ3n) is 4.53. The lowest BCUT2D eigenvalue weighted by Gasteiger charge is -2.11. The van der Waals surface area contributed by atoms with Gasteiger partial charge in [-0.25, -0.2) is 13.8 Å². The van der Waals surface area contributed by atoms with Crippen molar-refractivity contribution in [3.63, 3.8) is 0 Å². The van der Waals surface area contributed by atoms with Gasteiger partial charge >= 0.3 is 0 Å². The number of benzene rings is 2. The summed E-state index contributed by atoms with van der Waals surface area (Å²) in [5, 5.41) is 2.57. The smallest absolute Gasteiger partial charge is 0.273 e. The zero-order chi connectivity index (χ0) is 23.3. The van der Waals surface area contributed by atoms with Gasteiger partial charge in [-0.3, -0.25) is 4.79 Å². The summed E-state index contributed by atoms with van der Waals surface area (Å²) < 4.78 is 43.9. The van der Waals surface area contributed by atoms with Crippen LogP contribution in [0.4, 0.5) is 8.78 Å². The lowest BCUT2D eigenvalue weighted by Crippen LogP contribution is -2.25. The molecule has 3 N–H and O–H groups in total. The van der Waals surface area contributed by atoms with Crippen molar-refractivity contribution in [2.45, 2.75) is 33.4 Å². The molecule has 1 unspecified atom stereocenters. The Kier molecular flexibility index (Phi) is 7.42. The summed E-state index contributed by atoms with van der Waals surface area (Å²) in [5.74, 6) is -0.576. The average Bonchev–Trinajstić information content (AvgIpc) is 3.20. The highest BCUT2D eigenvalue weighted by Crippen LogP contribution is 2.34. The summed E-state index contributed by atoms with van der Waals surface area (Å²) >= 11 is 0. The molecule has 32 heavy (non-hydrogen) atoms. The van der Waals surface area contributed by atoms with Gasteiger partial charge in [-0.1, -0.05) is 6.07 Å². The van der Waals surface area contributed by atoms with Gasteiger partial charge in [-0.15, -0.1) is 0 Å². The Morgan fingerprint density at radius 1 is 1.12 bits per heavy atom. The first-order chi connectivity index (χ1) is 15.3. The predicted octanol–water partition coefficient (Wildman–Crippen LogP) is 4.37. The number of aromatic nitrogens is 1. The maximum Gasteiger partial charge on any atom is 0.273 e. The lowest BCUT2D eigenvalue weighted by molar-refractivity contribution is 0.0943. The van der Waals surface area contributed by atoms with Crippen LogP contribution in [0.5, 0.6) is 11.5 Å². The molecule has 0 aliphatic heterocycles. The van der Waals surface area contributed by atoms with E-state index in [0.29, 0.717) is 30.3 Å². The highest BCUT2D eigenvalue weighted by molar-refractivity contribution is 5.94. The van der Waals surface area contributed by atoms with Gasteiger partial charge in [0.05, 0.1) is 19.3 Å². The van der Waals surface area contributed by atoms with Crippen LogP contribution in [0, 0.1) is 11.6 Å². The minimum Gasteiger partial charge on any atom is -0.490 e. The van der Waals surface area contributed by atoms with Crippen LogP contribution in [0.2, 0.25) is 0 Å². The van der Waals surface area contributed by atoms with Crippen molar-refractivity contribution in [3.05, 3.63) is 65.1 Å². The number of amides is 1. The van der Waals surface area contributed by atoms with Crippen molar-refractivity contribution in [1.82, 2.24) is 10.3 Å². The maximum absolute atomic E-state index is 13.9. The number of carbonyl (C=O) groups excluding carboxylic acids is 1. The SMILES string of the molecule is CCOc1ccc(-c2nc(C(=O)NCc3ccc(F)cc3F)c(C(C)N)o2)cc1OCC. The van der Waals surface area contributed by atoms with E-state index in [-0.39, 0.29) is 29.5 Å². The minimum absolute atomic E-state index is 0.00985. The number of halogens is 2. The number of nitrogens with two attached hydrogens (primary N) is 1. The molecule has 0 aliphatic carbocycles. The van der Waals surface area contributed by atoms with Crippen LogP contribution < -0.4 is 20.5 Å². The topological polar surface area (TPSA) is 99.6 Å². The Bertz CT molecular complexity index is 1100. The Morgan fingerprint density at radius 3 is 2.50 bits per heavy atom. The standard InChI is InChI=1S/C23H25F2N3O4/c1-4-30-18-9-7-14(10-19(18)31-5-2)23-28-20(21(32-23)13(3)26)22(29)27-12-15-6-8-16(24)11-17(15)25/h6-11,13H,4-5,12,26H2,1-3H3,(H,27,29). The zero-order valence-corrected chi connectivity index (χ0v) is 18.1. The van der Waals surface area contributed by atoms with Crippen LogP contribution in [-0.4, -0.2) is 24.1 Å². The van der Waals surface area contributed by atoms with E-state index in [9.17, 15) is 13.6 Å². The quantitative estimate of drug-likeness (QED) is 0.508. The van der Waals surface area contributed by atoms with Gasteiger partial charge in [0.2, 0.25) is 5.89 Å². The molecule has 0 spiro atoms. The summed E-state index contributed by atoms with van der Waals surface area (Å²) in [5.41, 5.74) is 6.67. The van der Waals surface area contributed by atoms with Gasteiger partial charge in [0.1, 0.15) is 11.6 Å². The molecule has 1 atom stereocenters. The van der Waals surface area contributed by atoms with Crippen molar-refractivity contribution in [3.8, 4) is 23.0 Å². The van der Waals surface area contributed by atoms with E-state index >= 15 is 0 Å². The van der Waals surface area contributed by atoms with Gasteiger partial charge in [-0.2, -0.15) is 0 Å². The Balaban J connectivity index is 1.88. The van der Waals surface area contributed by atoms with Gasteiger partial charge in [0.15, 0.2) is 23.0 Å². The fourth-order valence-electron chi connectivity index (χ4n) is 3.04. The molecule has 0 fully saturated rings. The minimum atomic E-state index is -0.753. The van der Waals surface area contributed by atoms with Crippen LogP contribution in [0.3, 0.4) is 0 Å². The molecule has 3 rings (SSSR count). The third-order valence-corrected chi connectivity index (χ3v) is 4.53. The molecule has 0 saturated heterocycles. The number of hydrogen-bond donors (Lipinski definition) is 2. The second kappa shape index (κ2) is 10.2. The highest BCUT2D eigenvalue weighted by Gasteiger charge is 2.24. The van der Waals surface area contributed by atoms with Gasteiger partial charge in [0, 0.05) is 23.7 Å². The largest absolute Gasteiger partial charge is 0.490 e. The molecule has 1 amide bonds. The fraction of sp³-hybridized carbons (Fsp3) is 0.304. The third kappa shape index (κ3) is 5.23. The molecule has 9 heteroatoms. The molecule has 7 nitrogen and oxygen atoms in total. The van der Waals surface area contributed by atoms with Gasteiger partial charge in [0.25, 0.3) is 5.91 Å². The molecule has 0 saturated carbocycles. The van der Waals surface area contributed by atoms with Crippen molar-refractivity contribution in [2.24, 2.45) is 5.73 Å². The number of hydrogen-bond acceptors (Lipinski definition) is 6. The van der Waals surface area contributed by atoms with Crippen LogP contribution >= 0.6 is 0 Å². The van der Waals surface area contributed by atoms with E-state index in [1.54, 1.807) is 25.1 Å². The van der Waals surface area contributed by atoms with Gasteiger partial charge < -0.3 is 24.9 Å². The average molecular weight is 445 g/mol. The number of oxazole rings is 1. The van der Waals surface area contributed by atoms with E-state index in [1.165, 1.54) is 6.07 Å². The van der Waals surface area contributed by atoms with Crippen LogP contribution in [0.25, 0.3) is 11.5 Å². The van der Waals surface area contributed by atoms with Crippen LogP contribution in [0.1, 0.15) is 48.6 Å². The molecule has 0 aliphatic rings. The van der Waals surface area contributed by atoms with E-state index in [0.717, 1.165) is 12.1 Å². The monoisotopic (exact) mass is 445 g/mol. The number of nitrogens with one attached hydrogen (secondary N) is 1. The number of carbonyl (C=O) groups is 1. The molecule has 0 bridgehead atoms. The van der Waals surface area contributed by atoms with E-state index < -0.39 is 23.6 Å². The molecule has 170 valence electrons. The molecule has 0 radical (unpaired) electrons.